The van der Waals surface area contributed by atoms with Gasteiger partial charge in [-0.3, -0.25) is 0 Å². The summed E-state index contributed by atoms with van der Waals surface area (Å²) in [6, 6.07) is 0. The van der Waals surface area contributed by atoms with Crippen LogP contribution in [0.15, 0.2) is 0 Å². The Labute approximate surface area is 77.6 Å². The van der Waals surface area contributed by atoms with Crippen LogP contribution in [0.3, 0.4) is 0 Å². The highest BCUT2D eigenvalue weighted by Gasteiger charge is 2.19. The van der Waals surface area contributed by atoms with Crippen LogP contribution < -0.4 is 0 Å². The molecule has 1 heteroatoms. The van der Waals surface area contributed by atoms with Crippen LogP contribution in [0.4, 0.5) is 4.39 Å². The number of halogens is 1. The van der Waals surface area contributed by atoms with Crippen molar-refractivity contribution in [3.05, 3.63) is 0 Å². The van der Waals surface area contributed by atoms with Crippen molar-refractivity contribution >= 4 is 0 Å². The fraction of sp³-hybridized carbons (Fsp3) is 1.00. The van der Waals surface area contributed by atoms with Gasteiger partial charge < -0.3 is 0 Å². The molecule has 0 N–H and O–H groups in total. The van der Waals surface area contributed by atoms with Gasteiger partial charge in [-0.15, -0.1) is 0 Å². The van der Waals surface area contributed by atoms with E-state index in [0.29, 0.717) is 5.92 Å². The molecule has 76 valence electrons. The van der Waals surface area contributed by atoms with Crippen molar-refractivity contribution in [1.82, 2.24) is 0 Å². The maximum absolute atomic E-state index is 12.6. The Hall–Kier alpha value is -0.0700. The SMILES string of the molecule is CC.CC.CC1CCCCC1F. The molecule has 2 atom stereocenters. The van der Waals surface area contributed by atoms with Gasteiger partial charge in [0.05, 0.1) is 0 Å². The molecule has 1 fully saturated rings. The first kappa shape index (κ1) is 14.5. The molecule has 1 aliphatic rings. The zero-order valence-electron chi connectivity index (χ0n) is 9.36. The molecular weight excluding hydrogens is 151 g/mol. The highest BCUT2D eigenvalue weighted by Crippen LogP contribution is 2.25. The molecular formula is C11H25F. The topological polar surface area (TPSA) is 0 Å². The lowest BCUT2D eigenvalue weighted by atomic mass is 9.89. The molecule has 0 amide bonds. The summed E-state index contributed by atoms with van der Waals surface area (Å²) in [5, 5.41) is 0. The van der Waals surface area contributed by atoms with Crippen molar-refractivity contribution in [1.29, 1.82) is 0 Å². The summed E-state index contributed by atoms with van der Waals surface area (Å²) < 4.78 is 12.6. The van der Waals surface area contributed by atoms with Gasteiger partial charge in [0, 0.05) is 0 Å². The van der Waals surface area contributed by atoms with Crippen LogP contribution in [0.2, 0.25) is 0 Å². The molecule has 0 aromatic heterocycles. The molecule has 0 heterocycles. The third-order valence-electron chi connectivity index (χ3n) is 2.01. The van der Waals surface area contributed by atoms with Crippen LogP contribution in [-0.4, -0.2) is 6.17 Å². The first-order chi connectivity index (χ1) is 5.80. The van der Waals surface area contributed by atoms with Gasteiger partial charge in [-0.25, -0.2) is 4.39 Å². The first-order valence-electron chi connectivity index (χ1n) is 5.45. The highest BCUT2D eigenvalue weighted by molar-refractivity contribution is 4.70. The summed E-state index contributed by atoms with van der Waals surface area (Å²) in [7, 11) is 0. The van der Waals surface area contributed by atoms with Crippen LogP contribution in [0.25, 0.3) is 0 Å². The standard InChI is InChI=1S/C7H13F.2C2H6/c1-6-4-2-3-5-7(6)8;2*1-2/h6-7H,2-5H2,1H3;2*1-2H3. The molecule has 2 unspecified atom stereocenters. The van der Waals surface area contributed by atoms with E-state index < -0.39 is 6.17 Å². The Balaban J connectivity index is 0. The van der Waals surface area contributed by atoms with E-state index in [9.17, 15) is 4.39 Å². The average molecular weight is 176 g/mol. The molecule has 0 radical (unpaired) electrons. The molecule has 0 bridgehead atoms. The minimum absolute atomic E-state index is 0.337. The van der Waals surface area contributed by atoms with E-state index in [1.165, 1.54) is 6.42 Å². The summed E-state index contributed by atoms with van der Waals surface area (Å²) in [5.74, 6) is 0.337. The van der Waals surface area contributed by atoms with Crippen molar-refractivity contribution in [2.45, 2.75) is 66.5 Å². The average Bonchev–Trinajstić information content (AvgIpc) is 2.17. The van der Waals surface area contributed by atoms with Gasteiger partial charge in [0.1, 0.15) is 6.17 Å². The molecule has 0 spiro atoms. The largest absolute Gasteiger partial charge is 0.247 e. The molecule has 1 saturated carbocycles. The Morgan fingerprint density at radius 3 is 1.58 bits per heavy atom. The van der Waals surface area contributed by atoms with Gasteiger partial charge in [-0.2, -0.15) is 0 Å². The van der Waals surface area contributed by atoms with Gasteiger partial charge in [-0.05, 0) is 18.8 Å². The Kier molecular flexibility index (Phi) is 13.2. The summed E-state index contributed by atoms with van der Waals surface area (Å²) in [4.78, 5) is 0. The Bertz CT molecular complexity index is 61.4. The minimum Gasteiger partial charge on any atom is -0.247 e. The molecule has 12 heavy (non-hydrogen) atoms. The maximum Gasteiger partial charge on any atom is 0.103 e. The van der Waals surface area contributed by atoms with E-state index in [-0.39, 0.29) is 0 Å². The minimum atomic E-state index is -0.497. The van der Waals surface area contributed by atoms with E-state index in [1.54, 1.807) is 0 Å². The lowest BCUT2D eigenvalue weighted by molar-refractivity contribution is 0.179. The molecule has 1 aliphatic carbocycles. The van der Waals surface area contributed by atoms with Crippen molar-refractivity contribution < 1.29 is 4.39 Å². The fourth-order valence-electron chi connectivity index (χ4n) is 1.27. The molecule has 0 saturated heterocycles. The third-order valence-corrected chi connectivity index (χ3v) is 2.01. The zero-order valence-corrected chi connectivity index (χ0v) is 9.36. The normalized spacial score (nSPS) is 27.5. The number of hydrogen-bond donors (Lipinski definition) is 0. The highest BCUT2D eigenvalue weighted by atomic mass is 19.1. The van der Waals surface area contributed by atoms with Gasteiger partial charge in [-0.1, -0.05) is 47.5 Å². The van der Waals surface area contributed by atoms with Crippen molar-refractivity contribution in [3.8, 4) is 0 Å². The van der Waals surface area contributed by atoms with Crippen molar-refractivity contribution in [2.75, 3.05) is 0 Å². The lowest BCUT2D eigenvalue weighted by Crippen LogP contribution is -2.16. The second kappa shape index (κ2) is 10.9. The van der Waals surface area contributed by atoms with Crippen LogP contribution in [0, 0.1) is 5.92 Å². The van der Waals surface area contributed by atoms with Gasteiger partial charge >= 0.3 is 0 Å². The monoisotopic (exact) mass is 176 g/mol. The van der Waals surface area contributed by atoms with E-state index >= 15 is 0 Å². The summed E-state index contributed by atoms with van der Waals surface area (Å²) >= 11 is 0. The first-order valence-corrected chi connectivity index (χ1v) is 5.45. The van der Waals surface area contributed by atoms with Gasteiger partial charge in [0.25, 0.3) is 0 Å². The number of rotatable bonds is 0. The van der Waals surface area contributed by atoms with Crippen molar-refractivity contribution in [3.63, 3.8) is 0 Å². The zero-order chi connectivity index (χ0) is 9.98. The second-order valence-electron chi connectivity index (χ2n) is 2.78. The van der Waals surface area contributed by atoms with Crippen LogP contribution in [0.1, 0.15) is 60.3 Å². The second-order valence-corrected chi connectivity index (χ2v) is 2.78. The summed E-state index contributed by atoms with van der Waals surface area (Å²) in [6.07, 6.45) is 3.75. The summed E-state index contributed by atoms with van der Waals surface area (Å²) in [5.41, 5.74) is 0. The van der Waals surface area contributed by atoms with Crippen LogP contribution in [0.5, 0.6) is 0 Å². The van der Waals surface area contributed by atoms with E-state index in [4.69, 9.17) is 0 Å². The van der Waals surface area contributed by atoms with E-state index in [0.717, 1.165) is 19.3 Å². The third kappa shape index (κ3) is 6.63. The van der Waals surface area contributed by atoms with Crippen LogP contribution in [-0.2, 0) is 0 Å². The molecule has 0 aromatic carbocycles. The number of hydrogen-bond acceptors (Lipinski definition) is 0. The molecule has 0 nitrogen and oxygen atoms in total. The molecule has 0 aromatic rings. The predicted molar refractivity (Wildman–Crippen MR) is 55.2 cm³/mol. The predicted octanol–water partition coefficient (Wildman–Crippen LogP) is 4.59. The number of alkyl halides is 1. The van der Waals surface area contributed by atoms with E-state index in [1.807, 2.05) is 34.6 Å². The summed E-state index contributed by atoms with van der Waals surface area (Å²) in [6.45, 7) is 10.0. The van der Waals surface area contributed by atoms with Crippen molar-refractivity contribution in [2.24, 2.45) is 5.92 Å². The van der Waals surface area contributed by atoms with Crippen LogP contribution >= 0.6 is 0 Å². The quantitative estimate of drug-likeness (QED) is 0.506. The Morgan fingerprint density at radius 1 is 0.917 bits per heavy atom. The molecule has 1 rings (SSSR count). The van der Waals surface area contributed by atoms with Gasteiger partial charge in [0.15, 0.2) is 0 Å². The smallest absolute Gasteiger partial charge is 0.103 e. The van der Waals surface area contributed by atoms with Gasteiger partial charge in [0.2, 0.25) is 0 Å². The lowest BCUT2D eigenvalue weighted by Gasteiger charge is -2.21. The molecule has 0 aliphatic heterocycles. The Morgan fingerprint density at radius 2 is 1.33 bits per heavy atom. The fourth-order valence-corrected chi connectivity index (χ4v) is 1.27. The maximum atomic E-state index is 12.6. The van der Waals surface area contributed by atoms with E-state index in [2.05, 4.69) is 0 Å².